The third kappa shape index (κ3) is 2.49. The van der Waals surface area contributed by atoms with Crippen molar-refractivity contribution in [3.05, 3.63) is 52.8 Å². The second-order valence-corrected chi connectivity index (χ2v) is 7.02. The van der Waals surface area contributed by atoms with Crippen molar-refractivity contribution in [2.24, 2.45) is 0 Å². The first-order chi connectivity index (χ1) is 10.4. The molecule has 0 unspecified atom stereocenters. The summed E-state index contributed by atoms with van der Waals surface area (Å²) in [6, 6.07) is 10.4. The molecule has 4 nitrogen and oxygen atoms in total. The maximum atomic E-state index is 4.85. The Kier molecular flexibility index (Phi) is 3.48. The van der Waals surface area contributed by atoms with Crippen LogP contribution in [0.2, 0.25) is 0 Å². The van der Waals surface area contributed by atoms with E-state index in [0.29, 0.717) is 0 Å². The molecule has 0 spiro atoms. The van der Waals surface area contributed by atoms with Gasteiger partial charge in [-0.25, -0.2) is 4.68 Å². The van der Waals surface area contributed by atoms with E-state index in [1.807, 2.05) is 6.07 Å². The molecule has 4 rings (SSSR count). The van der Waals surface area contributed by atoms with Crippen molar-refractivity contribution >= 4 is 23.1 Å². The van der Waals surface area contributed by atoms with Crippen molar-refractivity contribution in [1.82, 2.24) is 20.0 Å². The Bertz CT molecular complexity index is 735. The fourth-order valence-electron chi connectivity index (χ4n) is 2.77. The molecule has 0 bridgehead atoms. The molecule has 0 atom stereocenters. The number of benzene rings is 1. The van der Waals surface area contributed by atoms with Crippen LogP contribution in [0.4, 0.5) is 0 Å². The van der Waals surface area contributed by atoms with Gasteiger partial charge in [-0.1, -0.05) is 41.3 Å². The van der Waals surface area contributed by atoms with Gasteiger partial charge in [0.25, 0.3) is 0 Å². The fourth-order valence-corrected chi connectivity index (χ4v) is 4.22. The van der Waals surface area contributed by atoms with E-state index in [1.165, 1.54) is 23.4 Å². The van der Waals surface area contributed by atoms with Crippen molar-refractivity contribution in [1.29, 1.82) is 0 Å². The van der Waals surface area contributed by atoms with Gasteiger partial charge in [0.2, 0.25) is 0 Å². The van der Waals surface area contributed by atoms with Crippen LogP contribution in [0.3, 0.4) is 0 Å². The molecule has 1 aliphatic carbocycles. The molecule has 106 valence electrons. The molecule has 2 heterocycles. The Morgan fingerprint density at radius 1 is 1.19 bits per heavy atom. The number of aromatic nitrogens is 4. The van der Waals surface area contributed by atoms with Crippen molar-refractivity contribution in [2.75, 3.05) is 0 Å². The summed E-state index contributed by atoms with van der Waals surface area (Å²) in [4.78, 5) is 0. The van der Waals surface area contributed by atoms with Gasteiger partial charge < -0.3 is 0 Å². The van der Waals surface area contributed by atoms with Gasteiger partial charge in [0.05, 0.1) is 11.4 Å². The molecule has 0 fully saturated rings. The number of thioether (sulfide) groups is 1. The van der Waals surface area contributed by atoms with Gasteiger partial charge in [0.15, 0.2) is 4.34 Å². The zero-order valence-corrected chi connectivity index (χ0v) is 13.0. The standard InChI is InChI=1S/C15H14N4S2/c1-2-5-11(6-3-1)19-14-8-4-7-12(14)13(18-19)9-20-15-17-16-10-21-15/h1-3,5-6,10H,4,7-9H2. The molecule has 0 aliphatic heterocycles. The van der Waals surface area contributed by atoms with Crippen molar-refractivity contribution in [3.63, 3.8) is 0 Å². The Labute approximate surface area is 131 Å². The summed E-state index contributed by atoms with van der Waals surface area (Å²) in [5, 5.41) is 12.8. The summed E-state index contributed by atoms with van der Waals surface area (Å²) in [7, 11) is 0. The average Bonchev–Trinajstić information content (AvgIpc) is 3.24. The maximum Gasteiger partial charge on any atom is 0.174 e. The van der Waals surface area contributed by atoms with E-state index in [2.05, 4.69) is 39.1 Å². The smallest absolute Gasteiger partial charge is 0.174 e. The van der Waals surface area contributed by atoms with Crippen molar-refractivity contribution in [2.45, 2.75) is 29.4 Å². The minimum Gasteiger partial charge on any atom is -0.237 e. The third-order valence-corrected chi connectivity index (χ3v) is 5.56. The predicted octanol–water partition coefficient (Wildman–Crippen LogP) is 3.50. The highest BCUT2D eigenvalue weighted by Crippen LogP contribution is 2.31. The molecule has 2 aromatic heterocycles. The van der Waals surface area contributed by atoms with Crippen molar-refractivity contribution in [3.8, 4) is 5.69 Å². The van der Waals surface area contributed by atoms with Crippen LogP contribution in [0.15, 0.2) is 40.2 Å². The Hall–Kier alpha value is -1.66. The second-order valence-electron chi connectivity index (χ2n) is 4.97. The van der Waals surface area contributed by atoms with Crippen LogP contribution in [0.5, 0.6) is 0 Å². The Balaban J connectivity index is 1.66. The molecule has 1 aromatic carbocycles. The molecule has 0 amide bonds. The lowest BCUT2D eigenvalue weighted by molar-refractivity contribution is 0.771. The summed E-state index contributed by atoms with van der Waals surface area (Å²) in [6.45, 7) is 0. The lowest BCUT2D eigenvalue weighted by Gasteiger charge is -2.04. The third-order valence-electron chi connectivity index (χ3n) is 3.69. The maximum absolute atomic E-state index is 4.85. The molecule has 21 heavy (non-hydrogen) atoms. The Morgan fingerprint density at radius 2 is 2.10 bits per heavy atom. The molecule has 0 N–H and O–H groups in total. The zero-order valence-electron chi connectivity index (χ0n) is 11.4. The van der Waals surface area contributed by atoms with E-state index in [4.69, 9.17) is 5.10 Å². The van der Waals surface area contributed by atoms with E-state index < -0.39 is 0 Å². The number of rotatable bonds is 4. The summed E-state index contributed by atoms with van der Waals surface area (Å²) < 4.78 is 3.13. The lowest BCUT2D eigenvalue weighted by atomic mass is 10.2. The topological polar surface area (TPSA) is 43.6 Å². The molecule has 3 aromatic rings. The number of hydrogen-bond acceptors (Lipinski definition) is 5. The number of para-hydroxylation sites is 1. The average molecular weight is 314 g/mol. The highest BCUT2D eigenvalue weighted by Gasteiger charge is 2.23. The number of fused-ring (bicyclic) bond motifs is 1. The molecule has 1 aliphatic rings. The minimum atomic E-state index is 0.872. The minimum absolute atomic E-state index is 0.872. The van der Waals surface area contributed by atoms with E-state index in [-0.39, 0.29) is 0 Å². The molecule has 0 radical (unpaired) electrons. The first-order valence-electron chi connectivity index (χ1n) is 6.96. The van der Waals surface area contributed by atoms with Gasteiger partial charge in [-0.3, -0.25) is 0 Å². The quantitative estimate of drug-likeness (QED) is 0.691. The van der Waals surface area contributed by atoms with Crippen LogP contribution in [-0.2, 0) is 18.6 Å². The monoisotopic (exact) mass is 314 g/mol. The molecular formula is C15H14N4S2. The first-order valence-corrected chi connectivity index (χ1v) is 8.82. The van der Waals surface area contributed by atoms with Crippen LogP contribution in [0.1, 0.15) is 23.4 Å². The summed E-state index contributed by atoms with van der Waals surface area (Å²) in [5.74, 6) is 0.872. The molecule has 0 saturated heterocycles. The van der Waals surface area contributed by atoms with Gasteiger partial charge in [-0.05, 0) is 37.0 Å². The van der Waals surface area contributed by atoms with Crippen LogP contribution < -0.4 is 0 Å². The van der Waals surface area contributed by atoms with E-state index in [1.54, 1.807) is 28.6 Å². The largest absolute Gasteiger partial charge is 0.237 e. The normalized spacial score (nSPS) is 13.5. The highest BCUT2D eigenvalue weighted by molar-refractivity contribution is 8.00. The van der Waals surface area contributed by atoms with Gasteiger partial charge in [-0.2, -0.15) is 5.10 Å². The van der Waals surface area contributed by atoms with Crippen LogP contribution in [0, 0.1) is 0 Å². The van der Waals surface area contributed by atoms with E-state index in [0.717, 1.165) is 28.6 Å². The van der Waals surface area contributed by atoms with E-state index >= 15 is 0 Å². The zero-order chi connectivity index (χ0) is 14.1. The fraction of sp³-hybridized carbons (Fsp3) is 0.267. The van der Waals surface area contributed by atoms with E-state index in [9.17, 15) is 0 Å². The summed E-state index contributed by atoms with van der Waals surface area (Å²) >= 11 is 3.31. The van der Waals surface area contributed by atoms with Crippen molar-refractivity contribution < 1.29 is 0 Å². The molecular weight excluding hydrogens is 300 g/mol. The number of hydrogen-bond donors (Lipinski definition) is 0. The predicted molar refractivity (Wildman–Crippen MR) is 85.1 cm³/mol. The van der Waals surface area contributed by atoms with Crippen LogP contribution >= 0.6 is 23.1 Å². The van der Waals surface area contributed by atoms with Gasteiger partial charge in [0, 0.05) is 11.4 Å². The van der Waals surface area contributed by atoms with Gasteiger partial charge in [0.1, 0.15) is 5.51 Å². The van der Waals surface area contributed by atoms with Gasteiger partial charge >= 0.3 is 0 Å². The summed E-state index contributed by atoms with van der Waals surface area (Å²) in [6.07, 6.45) is 3.51. The van der Waals surface area contributed by atoms with Crippen LogP contribution in [0.25, 0.3) is 5.69 Å². The van der Waals surface area contributed by atoms with Crippen LogP contribution in [-0.4, -0.2) is 20.0 Å². The second kappa shape index (κ2) is 5.61. The SMILES string of the molecule is c1ccc(-n2nc(CSc3nncs3)c3c2CCC3)cc1. The molecule has 0 saturated carbocycles. The van der Waals surface area contributed by atoms with Gasteiger partial charge in [-0.15, -0.1) is 10.2 Å². The highest BCUT2D eigenvalue weighted by atomic mass is 32.2. The first kappa shape index (κ1) is 13.0. The molecule has 6 heteroatoms. The summed E-state index contributed by atoms with van der Waals surface area (Å²) in [5.41, 5.74) is 6.95. The Morgan fingerprint density at radius 3 is 2.90 bits per heavy atom. The number of nitrogens with zero attached hydrogens (tertiary/aromatic N) is 4. The lowest BCUT2D eigenvalue weighted by Crippen LogP contribution is -2.01.